The molecular weight excluding hydrogens is 404 g/mol. The standard InChI is InChI=1S/C19H13ClN2O5S/c1-27-19(24)16-14(11-5-3-2-4-6-11)10-28-18(16)21-17(23)13-9-12(22(25)26)7-8-15(13)20/h2-10H,1H3,(H,21,23). The van der Waals surface area contributed by atoms with Crippen molar-refractivity contribution in [1.29, 1.82) is 0 Å². The number of anilines is 1. The molecule has 28 heavy (non-hydrogen) atoms. The highest BCUT2D eigenvalue weighted by Crippen LogP contribution is 2.36. The summed E-state index contributed by atoms with van der Waals surface area (Å²) in [5, 5.41) is 15.6. The molecule has 1 N–H and O–H groups in total. The van der Waals surface area contributed by atoms with Crippen LogP contribution < -0.4 is 5.32 Å². The van der Waals surface area contributed by atoms with E-state index in [9.17, 15) is 19.7 Å². The van der Waals surface area contributed by atoms with Gasteiger partial charge in [-0.05, 0) is 11.6 Å². The normalized spacial score (nSPS) is 10.4. The van der Waals surface area contributed by atoms with Crippen LogP contribution in [0.5, 0.6) is 0 Å². The van der Waals surface area contributed by atoms with Gasteiger partial charge in [-0.2, -0.15) is 0 Å². The molecule has 0 saturated heterocycles. The van der Waals surface area contributed by atoms with E-state index in [2.05, 4.69) is 5.32 Å². The Morgan fingerprint density at radius 2 is 1.89 bits per heavy atom. The van der Waals surface area contributed by atoms with Crippen molar-refractivity contribution >= 4 is 45.5 Å². The maximum Gasteiger partial charge on any atom is 0.341 e. The minimum absolute atomic E-state index is 0.0579. The number of non-ortho nitro benzene ring substituents is 1. The van der Waals surface area contributed by atoms with E-state index in [1.165, 1.54) is 19.2 Å². The number of hydrogen-bond donors (Lipinski definition) is 1. The lowest BCUT2D eigenvalue weighted by molar-refractivity contribution is -0.384. The molecule has 3 rings (SSSR count). The number of amides is 1. The molecule has 0 atom stereocenters. The van der Waals surface area contributed by atoms with Crippen LogP contribution in [0.3, 0.4) is 0 Å². The van der Waals surface area contributed by atoms with Gasteiger partial charge in [-0.15, -0.1) is 11.3 Å². The molecule has 0 aliphatic rings. The number of carbonyl (C=O) groups excluding carboxylic acids is 2. The van der Waals surface area contributed by atoms with E-state index in [-0.39, 0.29) is 26.8 Å². The van der Waals surface area contributed by atoms with Crippen LogP contribution >= 0.6 is 22.9 Å². The van der Waals surface area contributed by atoms with Crippen LogP contribution in [0.25, 0.3) is 11.1 Å². The molecule has 1 heterocycles. The Balaban J connectivity index is 2.00. The van der Waals surface area contributed by atoms with Gasteiger partial charge in [-0.1, -0.05) is 41.9 Å². The molecule has 0 radical (unpaired) electrons. The molecule has 1 amide bonds. The summed E-state index contributed by atoms with van der Waals surface area (Å²) in [5.74, 6) is -1.28. The summed E-state index contributed by atoms with van der Waals surface area (Å²) in [4.78, 5) is 35.3. The fraction of sp³-hybridized carbons (Fsp3) is 0.0526. The molecule has 0 fully saturated rings. The van der Waals surface area contributed by atoms with E-state index in [1.54, 1.807) is 5.38 Å². The lowest BCUT2D eigenvalue weighted by Crippen LogP contribution is -2.15. The van der Waals surface area contributed by atoms with Gasteiger partial charge >= 0.3 is 5.97 Å². The second-order valence-electron chi connectivity index (χ2n) is 5.59. The van der Waals surface area contributed by atoms with Gasteiger partial charge < -0.3 is 10.1 Å². The zero-order valence-electron chi connectivity index (χ0n) is 14.5. The number of nitrogens with zero attached hydrogens (tertiary/aromatic N) is 1. The fourth-order valence-electron chi connectivity index (χ4n) is 2.56. The smallest absolute Gasteiger partial charge is 0.341 e. The monoisotopic (exact) mass is 416 g/mol. The summed E-state index contributed by atoms with van der Waals surface area (Å²) in [6, 6.07) is 12.7. The first kappa shape index (κ1) is 19.5. The van der Waals surface area contributed by atoms with Gasteiger partial charge in [0.1, 0.15) is 10.6 Å². The number of ether oxygens (including phenoxy) is 1. The quantitative estimate of drug-likeness (QED) is 0.358. The van der Waals surface area contributed by atoms with Gasteiger partial charge in [0.2, 0.25) is 0 Å². The number of carbonyl (C=O) groups is 2. The zero-order chi connectivity index (χ0) is 20.3. The Labute approximate surface area is 168 Å². The highest BCUT2D eigenvalue weighted by molar-refractivity contribution is 7.15. The maximum absolute atomic E-state index is 12.7. The number of benzene rings is 2. The molecule has 0 saturated carbocycles. The number of esters is 1. The van der Waals surface area contributed by atoms with Crippen molar-refractivity contribution in [2.45, 2.75) is 0 Å². The Kier molecular flexibility index (Phi) is 5.72. The Morgan fingerprint density at radius 3 is 2.54 bits per heavy atom. The first-order valence-corrected chi connectivity index (χ1v) is 9.18. The third-order valence-corrected chi connectivity index (χ3v) is 5.12. The molecule has 0 unspecified atom stereocenters. The van der Waals surface area contributed by atoms with Gasteiger partial charge in [-0.3, -0.25) is 14.9 Å². The van der Waals surface area contributed by atoms with Crippen LogP contribution in [-0.2, 0) is 4.74 Å². The molecule has 142 valence electrons. The Bertz CT molecular complexity index is 1070. The summed E-state index contributed by atoms with van der Waals surface area (Å²) >= 11 is 7.17. The molecule has 0 spiro atoms. The van der Waals surface area contributed by atoms with E-state index < -0.39 is 16.8 Å². The summed E-state index contributed by atoms with van der Waals surface area (Å²) in [5.41, 5.74) is 1.26. The first-order valence-electron chi connectivity index (χ1n) is 7.93. The van der Waals surface area contributed by atoms with Crippen molar-refractivity contribution in [1.82, 2.24) is 0 Å². The van der Waals surface area contributed by atoms with E-state index in [1.807, 2.05) is 30.3 Å². The van der Waals surface area contributed by atoms with Gasteiger partial charge in [0.05, 0.1) is 22.6 Å². The van der Waals surface area contributed by atoms with Crippen LogP contribution in [0.4, 0.5) is 10.7 Å². The van der Waals surface area contributed by atoms with E-state index in [0.717, 1.165) is 23.0 Å². The Hall–Kier alpha value is -3.23. The number of hydrogen-bond acceptors (Lipinski definition) is 6. The van der Waals surface area contributed by atoms with Crippen LogP contribution in [0.1, 0.15) is 20.7 Å². The van der Waals surface area contributed by atoms with Crippen molar-refractivity contribution in [3.8, 4) is 11.1 Å². The number of nitrogens with one attached hydrogen (secondary N) is 1. The summed E-state index contributed by atoms with van der Waals surface area (Å²) in [6.45, 7) is 0. The molecule has 7 nitrogen and oxygen atoms in total. The van der Waals surface area contributed by atoms with Crippen molar-refractivity contribution in [2.24, 2.45) is 0 Å². The lowest BCUT2D eigenvalue weighted by atomic mass is 10.0. The molecule has 0 aliphatic carbocycles. The number of methoxy groups -OCH3 is 1. The Morgan fingerprint density at radius 1 is 1.18 bits per heavy atom. The SMILES string of the molecule is COC(=O)c1c(-c2ccccc2)csc1NC(=O)c1cc([N+](=O)[O-])ccc1Cl. The summed E-state index contributed by atoms with van der Waals surface area (Å²) in [7, 11) is 1.25. The van der Waals surface area contributed by atoms with Crippen molar-refractivity contribution in [3.05, 3.63) is 80.2 Å². The molecular formula is C19H13ClN2O5S. The van der Waals surface area contributed by atoms with Gasteiger partial charge in [0, 0.05) is 23.1 Å². The van der Waals surface area contributed by atoms with Crippen molar-refractivity contribution in [2.75, 3.05) is 12.4 Å². The highest BCUT2D eigenvalue weighted by atomic mass is 35.5. The minimum atomic E-state index is -0.666. The molecule has 3 aromatic rings. The third kappa shape index (κ3) is 3.88. The molecule has 0 aliphatic heterocycles. The first-order chi connectivity index (χ1) is 13.4. The predicted octanol–water partition coefficient (Wildman–Crippen LogP) is 5.02. The van der Waals surface area contributed by atoms with E-state index >= 15 is 0 Å². The van der Waals surface area contributed by atoms with Crippen LogP contribution in [0.2, 0.25) is 5.02 Å². The number of thiophene rings is 1. The number of rotatable bonds is 5. The van der Waals surface area contributed by atoms with Crippen molar-refractivity contribution in [3.63, 3.8) is 0 Å². The largest absolute Gasteiger partial charge is 0.465 e. The fourth-order valence-corrected chi connectivity index (χ4v) is 3.71. The zero-order valence-corrected chi connectivity index (χ0v) is 16.0. The van der Waals surface area contributed by atoms with Crippen LogP contribution in [0, 0.1) is 10.1 Å². The number of halogens is 1. The van der Waals surface area contributed by atoms with E-state index in [0.29, 0.717) is 5.56 Å². The highest BCUT2D eigenvalue weighted by Gasteiger charge is 2.24. The second kappa shape index (κ2) is 8.20. The molecule has 9 heteroatoms. The average Bonchev–Trinajstić information content (AvgIpc) is 3.11. The van der Waals surface area contributed by atoms with Gasteiger partial charge in [0.15, 0.2) is 0 Å². The molecule has 0 bridgehead atoms. The van der Waals surface area contributed by atoms with Crippen LogP contribution in [-0.4, -0.2) is 23.9 Å². The van der Waals surface area contributed by atoms with E-state index in [4.69, 9.17) is 16.3 Å². The second-order valence-corrected chi connectivity index (χ2v) is 6.87. The lowest BCUT2D eigenvalue weighted by Gasteiger charge is -2.09. The molecule has 2 aromatic carbocycles. The molecule has 1 aromatic heterocycles. The summed E-state index contributed by atoms with van der Waals surface area (Å²) < 4.78 is 4.86. The van der Waals surface area contributed by atoms with Crippen LogP contribution in [0.15, 0.2) is 53.9 Å². The predicted molar refractivity (Wildman–Crippen MR) is 107 cm³/mol. The summed E-state index contributed by atoms with van der Waals surface area (Å²) in [6.07, 6.45) is 0. The number of nitro benzene ring substituents is 1. The third-order valence-electron chi connectivity index (χ3n) is 3.90. The van der Waals surface area contributed by atoms with Crippen molar-refractivity contribution < 1.29 is 19.2 Å². The minimum Gasteiger partial charge on any atom is -0.465 e. The topological polar surface area (TPSA) is 98.5 Å². The van der Waals surface area contributed by atoms with Gasteiger partial charge in [0.25, 0.3) is 11.6 Å². The maximum atomic E-state index is 12.7. The average molecular weight is 417 g/mol. The van der Waals surface area contributed by atoms with Gasteiger partial charge in [-0.25, -0.2) is 4.79 Å². The number of nitro groups is 1.